The van der Waals surface area contributed by atoms with E-state index >= 15 is 0 Å². The van der Waals surface area contributed by atoms with Crippen LogP contribution in [0.3, 0.4) is 0 Å². The van der Waals surface area contributed by atoms with Gasteiger partial charge in [0, 0.05) is 25.3 Å². The maximum absolute atomic E-state index is 12.7. The van der Waals surface area contributed by atoms with E-state index in [1.807, 2.05) is 6.92 Å². The molecule has 1 aliphatic carbocycles. The Balaban J connectivity index is 1.90. The summed E-state index contributed by atoms with van der Waals surface area (Å²) in [6.45, 7) is 3.26. The van der Waals surface area contributed by atoms with E-state index in [9.17, 15) is 8.42 Å². The lowest BCUT2D eigenvalue weighted by atomic mass is 10.1. The summed E-state index contributed by atoms with van der Waals surface area (Å²) in [5.74, 6) is 1.05. The number of sulfonamides is 1. The molecule has 0 spiro atoms. The number of halogens is 1. The predicted molar refractivity (Wildman–Crippen MR) is 78.4 cm³/mol. The number of hydrogen-bond acceptors (Lipinski definition) is 4. The second-order valence-electron chi connectivity index (χ2n) is 5.44. The molecule has 2 heterocycles. The zero-order valence-corrected chi connectivity index (χ0v) is 12.9. The molecule has 1 N–H and O–H groups in total. The van der Waals surface area contributed by atoms with Crippen LogP contribution in [0.4, 0.5) is 5.82 Å². The fourth-order valence-electron chi connectivity index (χ4n) is 3.17. The summed E-state index contributed by atoms with van der Waals surface area (Å²) < 4.78 is 26.9. The van der Waals surface area contributed by atoms with Gasteiger partial charge in [-0.25, -0.2) is 13.4 Å². The molecule has 3 rings (SSSR count). The molecule has 7 heteroatoms. The lowest BCUT2D eigenvalue weighted by Gasteiger charge is -2.26. The number of rotatable bonds is 4. The molecule has 0 aromatic carbocycles. The lowest BCUT2D eigenvalue weighted by Crippen LogP contribution is -2.37. The summed E-state index contributed by atoms with van der Waals surface area (Å²) in [5, 5.41) is 3.34. The zero-order chi connectivity index (χ0) is 14.3. The zero-order valence-electron chi connectivity index (χ0n) is 11.3. The molecule has 0 amide bonds. The molecule has 1 saturated carbocycles. The maximum Gasteiger partial charge on any atom is 0.244 e. The van der Waals surface area contributed by atoms with Gasteiger partial charge in [-0.2, -0.15) is 4.31 Å². The van der Waals surface area contributed by atoms with Gasteiger partial charge in [-0.1, -0.05) is 11.6 Å². The van der Waals surface area contributed by atoms with Crippen LogP contribution in [0.1, 0.15) is 26.2 Å². The Labute approximate surface area is 124 Å². The van der Waals surface area contributed by atoms with Crippen LogP contribution in [0.15, 0.2) is 17.2 Å². The van der Waals surface area contributed by atoms with Crippen molar-refractivity contribution in [1.82, 2.24) is 9.29 Å². The molecule has 2 bridgehead atoms. The third-order valence-electron chi connectivity index (χ3n) is 4.13. The van der Waals surface area contributed by atoms with Gasteiger partial charge in [0.15, 0.2) is 0 Å². The summed E-state index contributed by atoms with van der Waals surface area (Å²) in [6.07, 6.45) is 4.51. The van der Waals surface area contributed by atoms with Crippen molar-refractivity contribution >= 4 is 27.4 Å². The van der Waals surface area contributed by atoms with Gasteiger partial charge in [0.25, 0.3) is 0 Å². The first kappa shape index (κ1) is 14.1. The van der Waals surface area contributed by atoms with Crippen LogP contribution in [-0.2, 0) is 10.0 Å². The van der Waals surface area contributed by atoms with Crippen molar-refractivity contribution in [3.05, 3.63) is 17.3 Å². The quantitative estimate of drug-likeness (QED) is 0.926. The average molecular weight is 316 g/mol. The molecule has 1 aromatic rings. The fraction of sp³-hybridized carbons (Fsp3) is 0.615. The van der Waals surface area contributed by atoms with E-state index in [4.69, 9.17) is 11.6 Å². The lowest BCUT2D eigenvalue weighted by molar-refractivity contribution is 0.333. The van der Waals surface area contributed by atoms with E-state index in [0.29, 0.717) is 29.8 Å². The van der Waals surface area contributed by atoms with E-state index in [2.05, 4.69) is 10.3 Å². The van der Waals surface area contributed by atoms with Gasteiger partial charge >= 0.3 is 0 Å². The minimum Gasteiger partial charge on any atom is -0.369 e. The van der Waals surface area contributed by atoms with Gasteiger partial charge in [0.1, 0.15) is 10.7 Å². The highest BCUT2D eigenvalue weighted by Gasteiger charge is 2.44. The van der Waals surface area contributed by atoms with Gasteiger partial charge in [-0.05, 0) is 38.2 Å². The summed E-state index contributed by atoms with van der Waals surface area (Å²) >= 11 is 6.09. The molecule has 5 nitrogen and oxygen atoms in total. The van der Waals surface area contributed by atoms with Crippen LogP contribution in [-0.4, -0.2) is 36.8 Å². The standard InChI is InChI=1S/C13H18ClN3O2S/c1-2-15-13-12(14)6-11(7-16-13)20(18,19)17-8-9-3-4-10(17)5-9/h6-7,9-10H,2-5,8H2,1H3,(H,15,16). The van der Waals surface area contributed by atoms with Crippen LogP contribution in [0.25, 0.3) is 0 Å². The average Bonchev–Trinajstić information content (AvgIpc) is 3.04. The first-order valence-electron chi connectivity index (χ1n) is 6.93. The smallest absolute Gasteiger partial charge is 0.244 e. The number of pyridine rings is 1. The Morgan fingerprint density at radius 2 is 2.30 bits per heavy atom. The fourth-order valence-corrected chi connectivity index (χ4v) is 5.18. The molecule has 2 unspecified atom stereocenters. The van der Waals surface area contributed by atoms with Crippen molar-refractivity contribution in [2.75, 3.05) is 18.4 Å². The molecular weight excluding hydrogens is 298 g/mol. The van der Waals surface area contributed by atoms with Crippen LogP contribution in [0.2, 0.25) is 5.02 Å². The molecule has 0 radical (unpaired) electrons. The molecule has 2 fully saturated rings. The summed E-state index contributed by atoms with van der Waals surface area (Å²) in [5.41, 5.74) is 0. The molecule has 2 atom stereocenters. The highest BCUT2D eigenvalue weighted by atomic mass is 35.5. The van der Waals surface area contributed by atoms with E-state index in [0.717, 1.165) is 19.3 Å². The number of nitrogens with zero attached hydrogens (tertiary/aromatic N) is 2. The topological polar surface area (TPSA) is 62.3 Å². The van der Waals surface area contributed by atoms with Gasteiger partial charge in [0.2, 0.25) is 10.0 Å². The highest BCUT2D eigenvalue weighted by Crippen LogP contribution is 2.40. The second kappa shape index (κ2) is 5.16. The molecule has 110 valence electrons. The van der Waals surface area contributed by atoms with Gasteiger partial charge < -0.3 is 5.32 Å². The maximum atomic E-state index is 12.7. The Hall–Kier alpha value is -0.850. The minimum absolute atomic E-state index is 0.164. The number of piperidine rings is 1. The Kier molecular flexibility index (Phi) is 3.64. The van der Waals surface area contributed by atoms with Crippen molar-refractivity contribution in [3.8, 4) is 0 Å². The highest BCUT2D eigenvalue weighted by molar-refractivity contribution is 7.89. The molecular formula is C13H18ClN3O2S. The third kappa shape index (κ3) is 2.29. The van der Waals surface area contributed by atoms with Crippen molar-refractivity contribution < 1.29 is 8.42 Å². The molecule has 20 heavy (non-hydrogen) atoms. The van der Waals surface area contributed by atoms with E-state index in [1.54, 1.807) is 4.31 Å². The normalized spacial score (nSPS) is 26.1. The van der Waals surface area contributed by atoms with Gasteiger partial charge in [-0.15, -0.1) is 0 Å². The number of anilines is 1. The molecule has 1 saturated heterocycles. The van der Waals surface area contributed by atoms with Crippen molar-refractivity contribution in [2.24, 2.45) is 5.92 Å². The van der Waals surface area contributed by atoms with E-state index in [-0.39, 0.29) is 10.9 Å². The number of fused-ring (bicyclic) bond motifs is 2. The van der Waals surface area contributed by atoms with E-state index < -0.39 is 10.0 Å². The Morgan fingerprint density at radius 3 is 2.85 bits per heavy atom. The van der Waals surface area contributed by atoms with Crippen LogP contribution < -0.4 is 5.32 Å². The van der Waals surface area contributed by atoms with Gasteiger partial charge in [0.05, 0.1) is 5.02 Å². The van der Waals surface area contributed by atoms with E-state index in [1.165, 1.54) is 12.3 Å². The monoisotopic (exact) mass is 315 g/mol. The second-order valence-corrected chi connectivity index (χ2v) is 7.74. The Bertz CT molecular complexity index is 620. The molecule has 2 aliphatic rings. The van der Waals surface area contributed by atoms with Crippen molar-refractivity contribution in [1.29, 1.82) is 0 Å². The predicted octanol–water partition coefficient (Wildman–Crippen LogP) is 2.34. The Morgan fingerprint density at radius 1 is 1.50 bits per heavy atom. The largest absolute Gasteiger partial charge is 0.369 e. The number of aromatic nitrogens is 1. The summed E-state index contributed by atoms with van der Waals surface area (Å²) in [4.78, 5) is 4.31. The minimum atomic E-state index is -3.47. The van der Waals surface area contributed by atoms with Crippen LogP contribution in [0, 0.1) is 5.92 Å². The molecule has 1 aliphatic heterocycles. The van der Waals surface area contributed by atoms with Crippen molar-refractivity contribution in [2.45, 2.75) is 37.1 Å². The van der Waals surface area contributed by atoms with Gasteiger partial charge in [-0.3, -0.25) is 0 Å². The first-order valence-corrected chi connectivity index (χ1v) is 8.75. The summed E-state index contributed by atoms with van der Waals surface area (Å²) in [7, 11) is -3.47. The first-order chi connectivity index (χ1) is 9.52. The number of hydrogen-bond donors (Lipinski definition) is 1. The third-order valence-corrected chi connectivity index (χ3v) is 6.30. The van der Waals surface area contributed by atoms with Crippen LogP contribution in [0.5, 0.6) is 0 Å². The SMILES string of the molecule is CCNc1ncc(S(=O)(=O)N2CC3CCC2C3)cc1Cl. The molecule has 1 aromatic heterocycles. The number of nitrogens with one attached hydrogen (secondary N) is 1. The summed E-state index contributed by atoms with van der Waals surface area (Å²) in [6, 6.07) is 1.66. The van der Waals surface area contributed by atoms with Crippen LogP contribution >= 0.6 is 11.6 Å². The van der Waals surface area contributed by atoms with Crippen molar-refractivity contribution in [3.63, 3.8) is 0 Å².